The molecule has 0 amide bonds. The summed E-state index contributed by atoms with van der Waals surface area (Å²) in [5.41, 5.74) is 0. The average Bonchev–Trinajstić information content (AvgIpc) is 2.36. The first-order valence-electron chi connectivity index (χ1n) is 4.11. The molecule has 2 fully saturated rings. The molecule has 0 radical (unpaired) electrons. The highest BCUT2D eigenvalue weighted by Gasteiger charge is 2.36. The van der Waals surface area contributed by atoms with Crippen LogP contribution in [-0.2, 0) is 9.47 Å². The van der Waals surface area contributed by atoms with Gasteiger partial charge in [-0.3, -0.25) is 0 Å². The number of ether oxygens (including phenoxy) is 2. The van der Waals surface area contributed by atoms with Gasteiger partial charge in [0, 0.05) is 5.92 Å². The Balaban J connectivity index is 2.03. The third-order valence-corrected chi connectivity index (χ3v) is 2.67. The van der Waals surface area contributed by atoms with Crippen molar-refractivity contribution in [2.45, 2.75) is 26.1 Å². The largest absolute Gasteiger partial charge is 0.352 e. The van der Waals surface area contributed by atoms with Gasteiger partial charge in [-0.2, -0.15) is 0 Å². The van der Waals surface area contributed by atoms with Crippen LogP contribution in [0.1, 0.15) is 19.8 Å². The molecular formula is C8H14O2. The SMILES string of the molecule is C[C@@H]1CCO[C@@H]2OCC[C@@H]21. The van der Waals surface area contributed by atoms with E-state index in [1.807, 2.05) is 0 Å². The lowest BCUT2D eigenvalue weighted by atomic mass is 9.88. The lowest BCUT2D eigenvalue weighted by Gasteiger charge is -2.29. The second kappa shape index (κ2) is 2.51. The lowest BCUT2D eigenvalue weighted by molar-refractivity contribution is -0.163. The molecular weight excluding hydrogens is 128 g/mol. The molecule has 0 bridgehead atoms. The molecule has 0 aromatic heterocycles. The summed E-state index contributed by atoms with van der Waals surface area (Å²) in [6, 6.07) is 0. The van der Waals surface area contributed by atoms with E-state index >= 15 is 0 Å². The summed E-state index contributed by atoms with van der Waals surface area (Å²) in [4.78, 5) is 0. The van der Waals surface area contributed by atoms with E-state index in [-0.39, 0.29) is 6.29 Å². The molecule has 2 heteroatoms. The first-order valence-corrected chi connectivity index (χ1v) is 4.11. The fourth-order valence-corrected chi connectivity index (χ4v) is 1.89. The smallest absolute Gasteiger partial charge is 0.160 e. The van der Waals surface area contributed by atoms with Crippen molar-refractivity contribution in [3.8, 4) is 0 Å². The molecule has 2 heterocycles. The van der Waals surface area contributed by atoms with Crippen molar-refractivity contribution >= 4 is 0 Å². The molecule has 0 spiro atoms. The maximum Gasteiger partial charge on any atom is 0.160 e. The van der Waals surface area contributed by atoms with Gasteiger partial charge in [0.05, 0.1) is 13.2 Å². The summed E-state index contributed by atoms with van der Waals surface area (Å²) in [5, 5.41) is 0. The van der Waals surface area contributed by atoms with Gasteiger partial charge in [0.25, 0.3) is 0 Å². The van der Waals surface area contributed by atoms with Crippen molar-refractivity contribution in [1.29, 1.82) is 0 Å². The van der Waals surface area contributed by atoms with Crippen LogP contribution in [-0.4, -0.2) is 19.5 Å². The van der Waals surface area contributed by atoms with Gasteiger partial charge in [-0.05, 0) is 18.8 Å². The van der Waals surface area contributed by atoms with Crippen LogP contribution in [0.5, 0.6) is 0 Å². The van der Waals surface area contributed by atoms with Crippen LogP contribution in [0, 0.1) is 11.8 Å². The third-order valence-electron chi connectivity index (χ3n) is 2.67. The van der Waals surface area contributed by atoms with Crippen molar-refractivity contribution in [2.24, 2.45) is 11.8 Å². The molecule has 10 heavy (non-hydrogen) atoms. The van der Waals surface area contributed by atoms with E-state index in [2.05, 4.69) is 6.92 Å². The summed E-state index contributed by atoms with van der Waals surface area (Å²) in [6.45, 7) is 4.09. The van der Waals surface area contributed by atoms with Gasteiger partial charge in [-0.25, -0.2) is 0 Å². The van der Waals surface area contributed by atoms with Crippen molar-refractivity contribution < 1.29 is 9.47 Å². The minimum Gasteiger partial charge on any atom is -0.352 e. The van der Waals surface area contributed by atoms with Crippen molar-refractivity contribution in [3.63, 3.8) is 0 Å². The van der Waals surface area contributed by atoms with E-state index in [0.717, 1.165) is 19.1 Å². The lowest BCUT2D eigenvalue weighted by Crippen LogP contribution is -2.31. The van der Waals surface area contributed by atoms with E-state index < -0.39 is 0 Å². The molecule has 2 rings (SSSR count). The summed E-state index contributed by atoms with van der Waals surface area (Å²) >= 11 is 0. The monoisotopic (exact) mass is 142 g/mol. The molecule has 2 saturated heterocycles. The van der Waals surface area contributed by atoms with E-state index in [0.29, 0.717) is 5.92 Å². The van der Waals surface area contributed by atoms with Gasteiger partial charge in [0.2, 0.25) is 0 Å². The Morgan fingerprint density at radius 2 is 1.80 bits per heavy atom. The van der Waals surface area contributed by atoms with Gasteiger partial charge in [0.15, 0.2) is 6.29 Å². The number of hydrogen-bond acceptors (Lipinski definition) is 2. The quantitative estimate of drug-likeness (QED) is 0.509. The van der Waals surface area contributed by atoms with Crippen LogP contribution in [0.15, 0.2) is 0 Å². The molecule has 2 nitrogen and oxygen atoms in total. The van der Waals surface area contributed by atoms with Crippen LogP contribution >= 0.6 is 0 Å². The molecule has 58 valence electrons. The minimum absolute atomic E-state index is 0.142. The van der Waals surface area contributed by atoms with Gasteiger partial charge in [0.1, 0.15) is 0 Å². The number of hydrogen-bond donors (Lipinski definition) is 0. The Hall–Kier alpha value is -0.0800. The summed E-state index contributed by atoms with van der Waals surface area (Å²) < 4.78 is 10.9. The zero-order chi connectivity index (χ0) is 6.97. The maximum absolute atomic E-state index is 5.45. The molecule has 0 unspecified atom stereocenters. The number of fused-ring (bicyclic) bond motifs is 1. The Labute approximate surface area is 61.5 Å². The highest BCUT2D eigenvalue weighted by Crippen LogP contribution is 2.34. The molecule has 0 aromatic rings. The van der Waals surface area contributed by atoms with Crippen LogP contribution in [0.2, 0.25) is 0 Å². The second-order valence-electron chi connectivity index (χ2n) is 3.33. The zero-order valence-corrected chi connectivity index (χ0v) is 6.38. The zero-order valence-electron chi connectivity index (χ0n) is 6.38. The Morgan fingerprint density at radius 1 is 1.10 bits per heavy atom. The van der Waals surface area contributed by atoms with Gasteiger partial charge in [-0.15, -0.1) is 0 Å². The topological polar surface area (TPSA) is 18.5 Å². The van der Waals surface area contributed by atoms with E-state index in [4.69, 9.17) is 9.47 Å². The fourth-order valence-electron chi connectivity index (χ4n) is 1.89. The maximum atomic E-state index is 5.45. The normalized spacial score (nSPS) is 47.1. The van der Waals surface area contributed by atoms with E-state index in [9.17, 15) is 0 Å². The predicted molar refractivity (Wildman–Crippen MR) is 37.6 cm³/mol. The second-order valence-corrected chi connectivity index (χ2v) is 3.33. The molecule has 2 aliphatic heterocycles. The van der Waals surface area contributed by atoms with Crippen molar-refractivity contribution in [2.75, 3.05) is 13.2 Å². The fraction of sp³-hybridized carbons (Fsp3) is 1.00. The third kappa shape index (κ3) is 0.956. The average molecular weight is 142 g/mol. The highest BCUT2D eigenvalue weighted by molar-refractivity contribution is 4.78. The van der Waals surface area contributed by atoms with Crippen molar-refractivity contribution in [3.05, 3.63) is 0 Å². The van der Waals surface area contributed by atoms with Crippen LogP contribution in [0.25, 0.3) is 0 Å². The van der Waals surface area contributed by atoms with Gasteiger partial charge >= 0.3 is 0 Å². The Morgan fingerprint density at radius 3 is 2.50 bits per heavy atom. The summed E-state index contributed by atoms with van der Waals surface area (Å²) in [6.07, 6.45) is 2.56. The number of rotatable bonds is 0. The molecule has 3 atom stereocenters. The summed E-state index contributed by atoms with van der Waals surface area (Å²) in [7, 11) is 0. The molecule has 0 saturated carbocycles. The molecule has 0 aliphatic carbocycles. The van der Waals surface area contributed by atoms with Crippen LogP contribution in [0.3, 0.4) is 0 Å². The van der Waals surface area contributed by atoms with Gasteiger partial charge < -0.3 is 9.47 Å². The van der Waals surface area contributed by atoms with E-state index in [1.165, 1.54) is 12.8 Å². The Bertz CT molecular complexity index is 124. The standard InChI is InChI=1S/C8H14O2/c1-6-2-4-9-8-7(6)3-5-10-8/h6-8H,2-5H2,1H3/t6-,7-,8-/m1/s1. The minimum atomic E-state index is 0.142. The van der Waals surface area contributed by atoms with Gasteiger partial charge in [-0.1, -0.05) is 6.92 Å². The first kappa shape index (κ1) is 6.62. The predicted octanol–water partition coefficient (Wildman–Crippen LogP) is 1.41. The molecule has 0 N–H and O–H groups in total. The summed E-state index contributed by atoms with van der Waals surface area (Å²) in [5.74, 6) is 1.50. The van der Waals surface area contributed by atoms with Crippen LogP contribution in [0.4, 0.5) is 0 Å². The highest BCUT2D eigenvalue weighted by atomic mass is 16.7. The van der Waals surface area contributed by atoms with E-state index in [1.54, 1.807) is 0 Å². The Kier molecular flexibility index (Phi) is 1.66. The first-order chi connectivity index (χ1) is 4.88. The van der Waals surface area contributed by atoms with Crippen molar-refractivity contribution in [1.82, 2.24) is 0 Å². The molecule has 0 aromatic carbocycles. The molecule has 2 aliphatic rings. The van der Waals surface area contributed by atoms with Crippen LogP contribution < -0.4 is 0 Å².